The van der Waals surface area contributed by atoms with Crippen LogP contribution in [0.3, 0.4) is 0 Å². The first-order valence-electron chi connectivity index (χ1n) is 9.96. The average Bonchev–Trinajstić information content (AvgIpc) is 2.79. The standard InChI is InChI=1S/C25H21N3O3/c1-3-30-25(29)19-15(2)31-24-21(20(19)16-10-6-4-7-11-16)22(27)18(14-26)23(28-24)17-12-8-5-9-13-17/h4-13,20H,3H2,1-2H3,(H2,27,28)/t20-/m0/s1. The van der Waals surface area contributed by atoms with Gasteiger partial charge in [0.25, 0.3) is 0 Å². The smallest absolute Gasteiger partial charge is 0.338 e. The average molecular weight is 411 g/mol. The maximum atomic E-state index is 12.9. The second kappa shape index (κ2) is 8.33. The number of allylic oxidation sites excluding steroid dienone is 1. The number of pyridine rings is 1. The van der Waals surface area contributed by atoms with Gasteiger partial charge in [-0.1, -0.05) is 60.7 Å². The Morgan fingerprint density at radius 3 is 2.42 bits per heavy atom. The number of carbonyl (C=O) groups is 1. The number of nitriles is 1. The molecule has 0 amide bonds. The third-order valence-electron chi connectivity index (χ3n) is 5.23. The van der Waals surface area contributed by atoms with Gasteiger partial charge in [-0.05, 0) is 19.4 Å². The van der Waals surface area contributed by atoms with Crippen molar-refractivity contribution in [3.05, 3.63) is 88.7 Å². The van der Waals surface area contributed by atoms with Crippen molar-refractivity contribution in [2.75, 3.05) is 12.3 Å². The van der Waals surface area contributed by atoms with Gasteiger partial charge in [0.15, 0.2) is 0 Å². The third kappa shape index (κ3) is 3.51. The zero-order valence-electron chi connectivity index (χ0n) is 17.3. The number of carbonyl (C=O) groups excluding carboxylic acids is 1. The molecule has 0 saturated carbocycles. The maximum absolute atomic E-state index is 12.9. The molecule has 0 radical (unpaired) electrons. The molecule has 2 N–H and O–H groups in total. The molecule has 2 heterocycles. The van der Waals surface area contributed by atoms with Crippen molar-refractivity contribution in [2.24, 2.45) is 0 Å². The molecule has 31 heavy (non-hydrogen) atoms. The molecule has 154 valence electrons. The summed E-state index contributed by atoms with van der Waals surface area (Å²) in [6, 6.07) is 21.0. The van der Waals surface area contributed by atoms with Gasteiger partial charge in [0, 0.05) is 5.56 Å². The van der Waals surface area contributed by atoms with Gasteiger partial charge in [0.05, 0.1) is 35.0 Å². The van der Waals surface area contributed by atoms with Gasteiger partial charge in [-0.3, -0.25) is 0 Å². The second-order valence-corrected chi connectivity index (χ2v) is 7.08. The third-order valence-corrected chi connectivity index (χ3v) is 5.23. The summed E-state index contributed by atoms with van der Waals surface area (Å²) in [6.07, 6.45) is 0. The normalized spacial score (nSPS) is 14.9. The molecule has 3 aromatic rings. The number of hydrogen-bond donors (Lipinski definition) is 1. The quantitative estimate of drug-likeness (QED) is 0.632. The van der Waals surface area contributed by atoms with Crippen LogP contribution in [0.1, 0.15) is 36.5 Å². The number of benzene rings is 2. The molecule has 0 spiro atoms. The van der Waals surface area contributed by atoms with E-state index in [-0.39, 0.29) is 23.7 Å². The molecule has 6 heteroatoms. The van der Waals surface area contributed by atoms with Gasteiger partial charge < -0.3 is 15.2 Å². The van der Waals surface area contributed by atoms with Crippen LogP contribution in [0.25, 0.3) is 11.3 Å². The fourth-order valence-corrected chi connectivity index (χ4v) is 3.87. The van der Waals surface area contributed by atoms with Gasteiger partial charge in [0.2, 0.25) is 5.88 Å². The minimum absolute atomic E-state index is 0.230. The Hall–Kier alpha value is -4.11. The van der Waals surface area contributed by atoms with Crippen LogP contribution >= 0.6 is 0 Å². The molecule has 4 rings (SSSR count). The summed E-state index contributed by atoms with van der Waals surface area (Å²) in [4.78, 5) is 17.5. The summed E-state index contributed by atoms with van der Waals surface area (Å²) in [5, 5.41) is 9.92. The molecule has 1 aliphatic rings. The lowest BCUT2D eigenvalue weighted by Crippen LogP contribution is -2.25. The number of nitrogens with two attached hydrogens (primary N) is 1. The molecule has 0 fully saturated rings. The highest BCUT2D eigenvalue weighted by Crippen LogP contribution is 2.47. The lowest BCUT2D eigenvalue weighted by molar-refractivity contribution is -0.139. The van der Waals surface area contributed by atoms with E-state index in [1.807, 2.05) is 60.7 Å². The molecular weight excluding hydrogens is 390 g/mol. The Balaban J connectivity index is 2.00. The van der Waals surface area contributed by atoms with E-state index >= 15 is 0 Å². The van der Waals surface area contributed by atoms with Crippen LogP contribution in [0.2, 0.25) is 0 Å². The molecule has 2 aromatic carbocycles. The Morgan fingerprint density at radius 1 is 1.16 bits per heavy atom. The van der Waals surface area contributed by atoms with Crippen LogP contribution in [0, 0.1) is 11.3 Å². The van der Waals surface area contributed by atoms with Crippen LogP contribution in [-0.4, -0.2) is 17.6 Å². The van der Waals surface area contributed by atoms with Crippen molar-refractivity contribution in [3.8, 4) is 23.2 Å². The highest BCUT2D eigenvalue weighted by atomic mass is 16.5. The number of nitrogen functional groups attached to an aromatic ring is 1. The summed E-state index contributed by atoms with van der Waals surface area (Å²) >= 11 is 0. The van der Waals surface area contributed by atoms with E-state index in [9.17, 15) is 10.1 Å². The van der Waals surface area contributed by atoms with Crippen molar-refractivity contribution >= 4 is 11.7 Å². The minimum atomic E-state index is -0.562. The van der Waals surface area contributed by atoms with Crippen LogP contribution in [0.5, 0.6) is 5.88 Å². The molecule has 1 atom stereocenters. The number of nitrogens with zero attached hydrogens (tertiary/aromatic N) is 2. The maximum Gasteiger partial charge on any atom is 0.338 e. The lowest BCUT2D eigenvalue weighted by Gasteiger charge is -2.30. The summed E-state index contributed by atoms with van der Waals surface area (Å²) in [5.74, 6) is -0.358. The highest BCUT2D eigenvalue weighted by Gasteiger charge is 2.38. The first-order valence-corrected chi connectivity index (χ1v) is 9.96. The first kappa shape index (κ1) is 20.2. The second-order valence-electron chi connectivity index (χ2n) is 7.08. The molecule has 1 aromatic heterocycles. The number of rotatable bonds is 4. The lowest BCUT2D eigenvalue weighted by atomic mass is 9.81. The monoisotopic (exact) mass is 411 g/mol. The SMILES string of the molecule is CCOC(=O)C1=C(C)Oc2nc(-c3ccccc3)c(C#N)c(N)c2[C@H]1c1ccccc1. The summed E-state index contributed by atoms with van der Waals surface area (Å²) in [6.45, 7) is 3.69. The molecule has 6 nitrogen and oxygen atoms in total. The summed E-state index contributed by atoms with van der Waals surface area (Å²) in [7, 11) is 0. The number of hydrogen-bond acceptors (Lipinski definition) is 6. The molecule has 1 aliphatic heterocycles. The predicted molar refractivity (Wildman–Crippen MR) is 117 cm³/mol. The van der Waals surface area contributed by atoms with Crippen molar-refractivity contribution in [2.45, 2.75) is 19.8 Å². The Morgan fingerprint density at radius 2 is 1.81 bits per heavy atom. The first-order chi connectivity index (χ1) is 15.1. The molecular formula is C25H21N3O3. The molecule has 0 aliphatic carbocycles. The fourth-order valence-electron chi connectivity index (χ4n) is 3.87. The number of fused-ring (bicyclic) bond motifs is 1. The van der Waals surface area contributed by atoms with Gasteiger partial charge in [0.1, 0.15) is 17.4 Å². The predicted octanol–water partition coefficient (Wildman–Crippen LogP) is 4.56. The van der Waals surface area contributed by atoms with Crippen molar-refractivity contribution in [3.63, 3.8) is 0 Å². The van der Waals surface area contributed by atoms with E-state index in [1.165, 1.54) is 0 Å². The van der Waals surface area contributed by atoms with Gasteiger partial charge in [-0.2, -0.15) is 5.26 Å². The zero-order valence-corrected chi connectivity index (χ0v) is 17.3. The number of ether oxygens (including phenoxy) is 2. The van der Waals surface area contributed by atoms with Crippen LogP contribution in [0.4, 0.5) is 5.69 Å². The van der Waals surface area contributed by atoms with E-state index in [2.05, 4.69) is 11.1 Å². The van der Waals surface area contributed by atoms with Crippen LogP contribution < -0.4 is 10.5 Å². The van der Waals surface area contributed by atoms with Gasteiger partial charge in [-0.25, -0.2) is 9.78 Å². The van der Waals surface area contributed by atoms with E-state index in [0.29, 0.717) is 22.6 Å². The molecule has 0 bridgehead atoms. The van der Waals surface area contributed by atoms with Crippen LogP contribution in [0.15, 0.2) is 72.0 Å². The van der Waals surface area contributed by atoms with E-state index < -0.39 is 11.9 Å². The van der Waals surface area contributed by atoms with Crippen molar-refractivity contribution < 1.29 is 14.3 Å². The summed E-state index contributed by atoms with van der Waals surface area (Å²) in [5.41, 5.74) is 9.92. The van der Waals surface area contributed by atoms with Crippen molar-refractivity contribution in [1.82, 2.24) is 4.98 Å². The number of aromatic nitrogens is 1. The Kier molecular flexibility index (Phi) is 5.42. The van der Waals surface area contributed by atoms with Gasteiger partial charge >= 0.3 is 5.97 Å². The Labute approximate surface area is 180 Å². The van der Waals surface area contributed by atoms with Crippen molar-refractivity contribution in [1.29, 1.82) is 5.26 Å². The largest absolute Gasteiger partial charge is 0.463 e. The highest BCUT2D eigenvalue weighted by molar-refractivity contribution is 5.94. The number of anilines is 1. The molecule has 0 unspecified atom stereocenters. The fraction of sp³-hybridized carbons (Fsp3) is 0.160. The molecule has 0 saturated heterocycles. The zero-order chi connectivity index (χ0) is 22.0. The topological polar surface area (TPSA) is 98.2 Å². The minimum Gasteiger partial charge on any atom is -0.463 e. The number of esters is 1. The summed E-state index contributed by atoms with van der Waals surface area (Å²) < 4.78 is 11.3. The van der Waals surface area contributed by atoms with E-state index in [0.717, 1.165) is 11.1 Å². The van der Waals surface area contributed by atoms with E-state index in [1.54, 1.807) is 13.8 Å². The van der Waals surface area contributed by atoms with Gasteiger partial charge in [-0.15, -0.1) is 0 Å². The van der Waals surface area contributed by atoms with Crippen LogP contribution in [-0.2, 0) is 9.53 Å². The Bertz CT molecular complexity index is 1210. The van der Waals surface area contributed by atoms with E-state index in [4.69, 9.17) is 15.2 Å².